The first-order valence-electron chi connectivity index (χ1n) is 8.39. The van der Waals surface area contributed by atoms with Crippen LogP contribution in [0.15, 0.2) is 66.7 Å². The normalized spacial score (nSPS) is 10.3. The number of aryl methyl sites for hydroxylation is 1. The van der Waals surface area contributed by atoms with Crippen LogP contribution < -0.4 is 10.6 Å². The second-order valence-corrected chi connectivity index (χ2v) is 6.42. The van der Waals surface area contributed by atoms with Crippen molar-refractivity contribution in [2.45, 2.75) is 13.5 Å². The lowest BCUT2D eigenvalue weighted by Gasteiger charge is -2.08. The van der Waals surface area contributed by atoms with Crippen molar-refractivity contribution in [3.05, 3.63) is 94.3 Å². The van der Waals surface area contributed by atoms with Gasteiger partial charge in [-0.2, -0.15) is 0 Å². The summed E-state index contributed by atoms with van der Waals surface area (Å²) >= 11 is 6.05. The van der Waals surface area contributed by atoms with Crippen molar-refractivity contribution in [1.29, 1.82) is 0 Å². The zero-order valence-corrected chi connectivity index (χ0v) is 15.5. The monoisotopic (exact) mass is 379 g/mol. The Hall–Kier alpha value is -3.18. The highest BCUT2D eigenvalue weighted by Gasteiger charge is 2.13. The van der Waals surface area contributed by atoms with E-state index in [1.165, 1.54) is 0 Å². The molecule has 3 rings (SSSR count). The van der Waals surface area contributed by atoms with Gasteiger partial charge in [0.2, 0.25) is 0 Å². The van der Waals surface area contributed by atoms with Gasteiger partial charge in [0.25, 0.3) is 11.8 Å². The fourth-order valence-electron chi connectivity index (χ4n) is 2.42. The van der Waals surface area contributed by atoms with Gasteiger partial charge in [-0.25, -0.2) is 4.98 Å². The first-order chi connectivity index (χ1) is 13.0. The molecule has 3 aromatic rings. The maximum absolute atomic E-state index is 12.4. The van der Waals surface area contributed by atoms with Gasteiger partial charge in [-0.15, -0.1) is 0 Å². The molecule has 0 radical (unpaired) electrons. The first kappa shape index (κ1) is 18.6. The third-order valence-corrected chi connectivity index (χ3v) is 4.24. The second-order valence-electron chi connectivity index (χ2n) is 6.01. The molecule has 6 heteroatoms. The molecular weight excluding hydrogens is 362 g/mol. The average Bonchev–Trinajstić information content (AvgIpc) is 2.69. The standard InChI is InChI=1S/C21H18ClN3O2/c1-14-9-11-15(12-10-14)13-23-20(26)18-7-4-8-19(24-18)21(27)25-17-6-3-2-5-16(17)22/h2-12H,13H2,1H3,(H,23,26)(H,25,27). The lowest BCUT2D eigenvalue weighted by atomic mass is 10.1. The van der Waals surface area contributed by atoms with Crippen LogP contribution in [0.5, 0.6) is 0 Å². The molecule has 0 aliphatic rings. The van der Waals surface area contributed by atoms with Gasteiger partial charge in [0.1, 0.15) is 11.4 Å². The number of pyridine rings is 1. The second kappa shape index (κ2) is 8.47. The van der Waals surface area contributed by atoms with Crippen molar-refractivity contribution in [2.75, 3.05) is 5.32 Å². The summed E-state index contributed by atoms with van der Waals surface area (Å²) in [7, 11) is 0. The highest BCUT2D eigenvalue weighted by atomic mass is 35.5. The predicted octanol–water partition coefficient (Wildman–Crippen LogP) is 4.23. The molecule has 0 fully saturated rings. The maximum atomic E-state index is 12.4. The zero-order valence-electron chi connectivity index (χ0n) is 14.7. The highest BCUT2D eigenvalue weighted by Crippen LogP contribution is 2.21. The minimum atomic E-state index is -0.434. The van der Waals surface area contributed by atoms with Crippen LogP contribution in [0.1, 0.15) is 32.1 Å². The fraction of sp³-hybridized carbons (Fsp3) is 0.0952. The lowest BCUT2D eigenvalue weighted by Crippen LogP contribution is -2.25. The van der Waals surface area contributed by atoms with E-state index in [1.807, 2.05) is 31.2 Å². The number of rotatable bonds is 5. The number of hydrogen-bond acceptors (Lipinski definition) is 3. The number of amides is 2. The van der Waals surface area contributed by atoms with Gasteiger partial charge in [-0.05, 0) is 36.8 Å². The van der Waals surface area contributed by atoms with Gasteiger partial charge < -0.3 is 10.6 Å². The summed E-state index contributed by atoms with van der Waals surface area (Å²) in [5.41, 5.74) is 2.94. The number of anilines is 1. The van der Waals surface area contributed by atoms with Gasteiger partial charge in [-0.1, -0.05) is 59.6 Å². The molecule has 0 atom stereocenters. The molecule has 2 N–H and O–H groups in total. The lowest BCUT2D eigenvalue weighted by molar-refractivity contribution is 0.0945. The molecule has 2 aromatic carbocycles. The molecule has 0 saturated carbocycles. The highest BCUT2D eigenvalue weighted by molar-refractivity contribution is 6.33. The van der Waals surface area contributed by atoms with Crippen molar-refractivity contribution in [3.63, 3.8) is 0 Å². The SMILES string of the molecule is Cc1ccc(CNC(=O)c2cccc(C(=O)Nc3ccccc3Cl)n2)cc1. The van der Waals surface area contributed by atoms with Gasteiger partial charge in [0, 0.05) is 6.54 Å². The first-order valence-corrected chi connectivity index (χ1v) is 8.77. The summed E-state index contributed by atoms with van der Waals surface area (Å²) in [6.45, 7) is 2.39. The van der Waals surface area contributed by atoms with Crippen LogP contribution in [0.25, 0.3) is 0 Å². The van der Waals surface area contributed by atoms with E-state index in [4.69, 9.17) is 11.6 Å². The van der Waals surface area contributed by atoms with E-state index in [0.29, 0.717) is 17.3 Å². The molecule has 5 nitrogen and oxygen atoms in total. The number of carbonyl (C=O) groups is 2. The number of benzene rings is 2. The van der Waals surface area contributed by atoms with E-state index in [1.54, 1.807) is 42.5 Å². The molecule has 0 unspecified atom stereocenters. The molecule has 1 heterocycles. The molecule has 27 heavy (non-hydrogen) atoms. The minimum Gasteiger partial charge on any atom is -0.347 e. The summed E-state index contributed by atoms with van der Waals surface area (Å²) in [5, 5.41) is 5.92. The number of carbonyl (C=O) groups excluding carboxylic acids is 2. The Labute approximate surface area is 162 Å². The number of halogens is 1. The number of nitrogens with one attached hydrogen (secondary N) is 2. The van der Waals surface area contributed by atoms with E-state index >= 15 is 0 Å². The Bertz CT molecular complexity index is 971. The van der Waals surface area contributed by atoms with Crippen molar-refractivity contribution in [1.82, 2.24) is 10.3 Å². The van der Waals surface area contributed by atoms with Gasteiger partial charge in [-0.3, -0.25) is 9.59 Å². The van der Waals surface area contributed by atoms with Crippen LogP contribution in [0, 0.1) is 6.92 Å². The van der Waals surface area contributed by atoms with Crippen LogP contribution in [-0.4, -0.2) is 16.8 Å². The summed E-state index contributed by atoms with van der Waals surface area (Å²) in [4.78, 5) is 28.9. The van der Waals surface area contributed by atoms with E-state index in [2.05, 4.69) is 15.6 Å². The molecule has 2 amide bonds. The fourth-order valence-corrected chi connectivity index (χ4v) is 2.60. The Balaban J connectivity index is 1.67. The molecule has 0 saturated heterocycles. The average molecular weight is 380 g/mol. The van der Waals surface area contributed by atoms with Crippen LogP contribution in [0.3, 0.4) is 0 Å². The summed E-state index contributed by atoms with van der Waals surface area (Å²) in [5.74, 6) is -0.778. The van der Waals surface area contributed by atoms with E-state index in [0.717, 1.165) is 11.1 Å². The number of hydrogen-bond donors (Lipinski definition) is 2. The van der Waals surface area contributed by atoms with Crippen molar-refractivity contribution >= 4 is 29.1 Å². The van der Waals surface area contributed by atoms with Crippen LogP contribution in [0.4, 0.5) is 5.69 Å². The summed E-state index contributed by atoms with van der Waals surface area (Å²) in [6.07, 6.45) is 0. The van der Waals surface area contributed by atoms with E-state index < -0.39 is 5.91 Å². The smallest absolute Gasteiger partial charge is 0.274 e. The molecule has 1 aromatic heterocycles. The topological polar surface area (TPSA) is 71.1 Å². The maximum Gasteiger partial charge on any atom is 0.274 e. The third-order valence-electron chi connectivity index (χ3n) is 3.91. The molecular formula is C21H18ClN3O2. The van der Waals surface area contributed by atoms with Gasteiger partial charge in [0.05, 0.1) is 10.7 Å². The van der Waals surface area contributed by atoms with Crippen molar-refractivity contribution in [2.24, 2.45) is 0 Å². The molecule has 0 aliphatic heterocycles. The van der Waals surface area contributed by atoms with E-state index in [-0.39, 0.29) is 17.3 Å². The number of nitrogens with zero attached hydrogens (tertiary/aromatic N) is 1. The Kier molecular flexibility index (Phi) is 5.84. The number of para-hydroxylation sites is 1. The van der Waals surface area contributed by atoms with Crippen LogP contribution in [-0.2, 0) is 6.54 Å². The molecule has 136 valence electrons. The minimum absolute atomic E-state index is 0.137. The Morgan fingerprint density at radius 3 is 2.26 bits per heavy atom. The largest absolute Gasteiger partial charge is 0.347 e. The molecule has 0 bridgehead atoms. The summed E-state index contributed by atoms with van der Waals surface area (Å²) in [6, 6.07) is 19.5. The van der Waals surface area contributed by atoms with Crippen LogP contribution >= 0.6 is 11.6 Å². The van der Waals surface area contributed by atoms with Crippen LogP contribution in [0.2, 0.25) is 5.02 Å². The quantitative estimate of drug-likeness (QED) is 0.697. The summed E-state index contributed by atoms with van der Waals surface area (Å²) < 4.78 is 0. The third kappa shape index (κ3) is 4.92. The molecule has 0 spiro atoms. The zero-order chi connectivity index (χ0) is 19.2. The van der Waals surface area contributed by atoms with E-state index in [9.17, 15) is 9.59 Å². The van der Waals surface area contributed by atoms with Crippen molar-refractivity contribution < 1.29 is 9.59 Å². The Morgan fingerprint density at radius 1 is 0.889 bits per heavy atom. The van der Waals surface area contributed by atoms with Gasteiger partial charge in [0.15, 0.2) is 0 Å². The van der Waals surface area contributed by atoms with Gasteiger partial charge >= 0.3 is 0 Å². The molecule has 0 aliphatic carbocycles. The number of aromatic nitrogens is 1. The predicted molar refractivity (Wildman–Crippen MR) is 106 cm³/mol. The Morgan fingerprint density at radius 2 is 1.56 bits per heavy atom. The van der Waals surface area contributed by atoms with Crippen molar-refractivity contribution in [3.8, 4) is 0 Å².